The predicted octanol–water partition coefficient (Wildman–Crippen LogP) is 3.98. The van der Waals surface area contributed by atoms with Crippen LogP contribution >= 0.6 is 0 Å². The maximum atomic E-state index is 13.5. The van der Waals surface area contributed by atoms with Crippen LogP contribution in [0.15, 0.2) is 84.1 Å². The molecule has 0 unspecified atom stereocenters. The van der Waals surface area contributed by atoms with Gasteiger partial charge in [0.25, 0.3) is 10.0 Å². The standard InChI is InChI=1S/C24H15N3O4S/c28-23-16-10-11-27(32(30,31)14-6-2-1-3-7-14)22(16)24(29)21-20(23)18(13-26-21)17-12-25-19-9-5-4-8-15(17)19/h1-13,25-26H. The lowest BCUT2D eigenvalue weighted by atomic mass is 9.89. The summed E-state index contributed by atoms with van der Waals surface area (Å²) < 4.78 is 27.2. The fraction of sp³-hybridized carbons (Fsp3) is 0. The Morgan fingerprint density at radius 2 is 1.44 bits per heavy atom. The van der Waals surface area contributed by atoms with Crippen LogP contribution in [0.1, 0.15) is 32.1 Å². The van der Waals surface area contributed by atoms with Gasteiger partial charge in [0.2, 0.25) is 5.78 Å². The molecule has 8 heteroatoms. The van der Waals surface area contributed by atoms with Gasteiger partial charge in [-0.05, 0) is 24.3 Å². The highest BCUT2D eigenvalue weighted by molar-refractivity contribution is 7.90. The molecule has 2 N–H and O–H groups in total. The lowest BCUT2D eigenvalue weighted by Crippen LogP contribution is -2.25. The molecule has 7 nitrogen and oxygen atoms in total. The zero-order valence-corrected chi connectivity index (χ0v) is 17.3. The molecule has 0 saturated heterocycles. The molecule has 6 rings (SSSR count). The molecule has 0 aliphatic heterocycles. The number of nitrogens with zero attached hydrogens (tertiary/aromatic N) is 1. The number of ketones is 2. The molecule has 0 radical (unpaired) electrons. The fourth-order valence-electron chi connectivity index (χ4n) is 4.32. The molecule has 3 heterocycles. The van der Waals surface area contributed by atoms with E-state index in [0.717, 1.165) is 20.4 Å². The number of carbonyl (C=O) groups is 2. The predicted molar refractivity (Wildman–Crippen MR) is 118 cm³/mol. The second-order valence-electron chi connectivity index (χ2n) is 7.55. The summed E-state index contributed by atoms with van der Waals surface area (Å²) in [6.45, 7) is 0. The molecule has 0 fully saturated rings. The molecule has 0 amide bonds. The average Bonchev–Trinajstić information content (AvgIpc) is 3.54. The van der Waals surface area contributed by atoms with Crippen molar-refractivity contribution in [3.8, 4) is 11.1 Å². The first-order chi connectivity index (χ1) is 15.5. The Kier molecular flexibility index (Phi) is 3.73. The molecule has 3 aromatic heterocycles. The number of fused-ring (bicyclic) bond motifs is 3. The van der Waals surface area contributed by atoms with E-state index >= 15 is 0 Å². The van der Waals surface area contributed by atoms with E-state index in [1.807, 2.05) is 24.3 Å². The van der Waals surface area contributed by atoms with Gasteiger partial charge in [0, 0.05) is 40.6 Å². The second-order valence-corrected chi connectivity index (χ2v) is 9.37. The first-order valence-electron chi connectivity index (χ1n) is 9.87. The number of rotatable bonds is 3. The molecule has 5 aromatic rings. The third kappa shape index (κ3) is 2.38. The van der Waals surface area contributed by atoms with E-state index in [4.69, 9.17) is 0 Å². The molecule has 156 valence electrons. The molecular weight excluding hydrogens is 426 g/mol. The number of aromatic amines is 2. The van der Waals surface area contributed by atoms with Crippen molar-refractivity contribution < 1.29 is 18.0 Å². The number of H-pyrrole nitrogens is 2. The van der Waals surface area contributed by atoms with Crippen LogP contribution in [0.5, 0.6) is 0 Å². The van der Waals surface area contributed by atoms with E-state index in [9.17, 15) is 18.0 Å². The highest BCUT2D eigenvalue weighted by Gasteiger charge is 2.38. The minimum absolute atomic E-state index is 0.0374. The van der Waals surface area contributed by atoms with Crippen LogP contribution < -0.4 is 0 Å². The van der Waals surface area contributed by atoms with E-state index in [0.29, 0.717) is 5.56 Å². The van der Waals surface area contributed by atoms with Crippen molar-refractivity contribution in [3.63, 3.8) is 0 Å². The highest BCUT2D eigenvalue weighted by atomic mass is 32.2. The number of para-hydroxylation sites is 1. The van der Waals surface area contributed by atoms with Gasteiger partial charge in [0.05, 0.1) is 16.0 Å². The lowest BCUT2D eigenvalue weighted by Gasteiger charge is -2.16. The van der Waals surface area contributed by atoms with E-state index in [-0.39, 0.29) is 27.4 Å². The Labute approximate surface area is 182 Å². The van der Waals surface area contributed by atoms with Crippen LogP contribution in [-0.2, 0) is 10.0 Å². The molecule has 2 aromatic carbocycles. The summed E-state index contributed by atoms with van der Waals surface area (Å²) in [7, 11) is -4.04. The van der Waals surface area contributed by atoms with Crippen LogP contribution in [0.25, 0.3) is 22.0 Å². The molecule has 0 spiro atoms. The van der Waals surface area contributed by atoms with Crippen molar-refractivity contribution in [1.82, 2.24) is 13.9 Å². The monoisotopic (exact) mass is 441 g/mol. The first-order valence-corrected chi connectivity index (χ1v) is 11.3. The number of nitrogens with one attached hydrogen (secondary N) is 2. The van der Waals surface area contributed by atoms with Gasteiger partial charge in [0.1, 0.15) is 11.4 Å². The molecule has 1 aliphatic carbocycles. The summed E-state index contributed by atoms with van der Waals surface area (Å²) in [6.07, 6.45) is 4.68. The van der Waals surface area contributed by atoms with Gasteiger partial charge >= 0.3 is 0 Å². The van der Waals surface area contributed by atoms with Gasteiger partial charge in [-0.25, -0.2) is 12.4 Å². The third-order valence-electron chi connectivity index (χ3n) is 5.83. The zero-order valence-electron chi connectivity index (χ0n) is 16.5. The summed E-state index contributed by atoms with van der Waals surface area (Å²) in [5.41, 5.74) is 2.56. The van der Waals surface area contributed by atoms with Crippen molar-refractivity contribution in [3.05, 3.63) is 102 Å². The van der Waals surface area contributed by atoms with Gasteiger partial charge in [-0.2, -0.15) is 0 Å². The van der Waals surface area contributed by atoms with E-state index in [1.54, 1.807) is 30.6 Å². The summed E-state index contributed by atoms with van der Waals surface area (Å²) in [5.74, 6) is -0.927. The molecule has 0 atom stereocenters. The number of carbonyl (C=O) groups excluding carboxylic acids is 2. The Bertz CT molecular complexity index is 1670. The van der Waals surface area contributed by atoms with Gasteiger partial charge in [-0.3, -0.25) is 9.59 Å². The minimum atomic E-state index is -4.04. The number of hydrogen-bond donors (Lipinski definition) is 2. The van der Waals surface area contributed by atoms with Crippen molar-refractivity contribution in [2.75, 3.05) is 0 Å². The van der Waals surface area contributed by atoms with E-state index in [2.05, 4.69) is 9.97 Å². The van der Waals surface area contributed by atoms with Crippen molar-refractivity contribution in [2.45, 2.75) is 4.90 Å². The Morgan fingerprint density at radius 1 is 0.719 bits per heavy atom. The second kappa shape index (κ2) is 6.41. The molecular formula is C24H15N3O4S. The van der Waals surface area contributed by atoms with Crippen molar-refractivity contribution >= 4 is 32.5 Å². The Hall–Kier alpha value is -4.17. The van der Waals surface area contributed by atoms with Crippen LogP contribution in [0.3, 0.4) is 0 Å². The lowest BCUT2D eigenvalue weighted by molar-refractivity contribution is 0.0974. The molecule has 1 aliphatic rings. The zero-order chi connectivity index (χ0) is 22.0. The number of aromatic nitrogens is 3. The third-order valence-corrected chi connectivity index (χ3v) is 7.52. The summed E-state index contributed by atoms with van der Waals surface area (Å²) in [6, 6.07) is 16.9. The summed E-state index contributed by atoms with van der Waals surface area (Å²) in [5, 5.41) is 0.921. The fourth-order valence-corrected chi connectivity index (χ4v) is 5.70. The molecule has 0 bridgehead atoms. The average molecular weight is 441 g/mol. The normalized spacial score (nSPS) is 13.4. The van der Waals surface area contributed by atoms with Crippen LogP contribution in [0.2, 0.25) is 0 Å². The largest absolute Gasteiger partial charge is 0.361 e. The van der Waals surface area contributed by atoms with E-state index in [1.165, 1.54) is 24.4 Å². The molecule has 0 saturated carbocycles. The minimum Gasteiger partial charge on any atom is -0.361 e. The SMILES string of the molecule is O=C1c2ccn(S(=O)(=O)c3ccccc3)c2C(=O)c2[nH]cc(-c3c[nH]c4ccccc34)c21. The van der Waals surface area contributed by atoms with Gasteiger partial charge in [-0.1, -0.05) is 36.4 Å². The van der Waals surface area contributed by atoms with Crippen LogP contribution in [0.4, 0.5) is 0 Å². The number of benzene rings is 2. The van der Waals surface area contributed by atoms with Crippen LogP contribution in [0, 0.1) is 0 Å². The van der Waals surface area contributed by atoms with Gasteiger partial charge < -0.3 is 9.97 Å². The van der Waals surface area contributed by atoms with Crippen molar-refractivity contribution in [1.29, 1.82) is 0 Å². The van der Waals surface area contributed by atoms with Gasteiger partial charge in [-0.15, -0.1) is 0 Å². The van der Waals surface area contributed by atoms with Crippen molar-refractivity contribution in [2.24, 2.45) is 0 Å². The number of hydrogen-bond acceptors (Lipinski definition) is 4. The topological polar surface area (TPSA) is 105 Å². The van der Waals surface area contributed by atoms with Crippen LogP contribution in [-0.4, -0.2) is 33.9 Å². The van der Waals surface area contributed by atoms with Gasteiger partial charge in [0.15, 0.2) is 5.78 Å². The Balaban J connectivity index is 1.53. The maximum absolute atomic E-state index is 13.5. The maximum Gasteiger partial charge on any atom is 0.268 e. The summed E-state index contributed by atoms with van der Waals surface area (Å²) in [4.78, 5) is 33.0. The Morgan fingerprint density at radius 3 is 2.25 bits per heavy atom. The summed E-state index contributed by atoms with van der Waals surface area (Å²) >= 11 is 0. The first kappa shape index (κ1) is 18.6. The van der Waals surface area contributed by atoms with E-state index < -0.39 is 21.6 Å². The highest BCUT2D eigenvalue weighted by Crippen LogP contribution is 2.38. The smallest absolute Gasteiger partial charge is 0.268 e. The molecule has 32 heavy (non-hydrogen) atoms. The quantitative estimate of drug-likeness (QED) is 0.433.